The largest absolute Gasteiger partial charge is 0.402 e. The summed E-state index contributed by atoms with van der Waals surface area (Å²) in [6, 6.07) is 0. The second-order valence-electron chi connectivity index (χ2n) is 2.60. The van der Waals surface area contributed by atoms with Crippen molar-refractivity contribution in [1.29, 1.82) is 5.41 Å². The molecule has 0 heterocycles. The van der Waals surface area contributed by atoms with Gasteiger partial charge in [0.1, 0.15) is 5.71 Å². The molecule has 5 N–H and O–H groups in total. The van der Waals surface area contributed by atoms with E-state index in [2.05, 4.69) is 0 Å². The summed E-state index contributed by atoms with van der Waals surface area (Å²) in [6.07, 6.45) is 2.43. The minimum atomic E-state index is -0.690. The lowest BCUT2D eigenvalue weighted by Crippen LogP contribution is -2.24. The van der Waals surface area contributed by atoms with E-state index in [1.807, 2.05) is 0 Å². The lowest BCUT2D eigenvalue weighted by molar-refractivity contribution is -0.112. The summed E-state index contributed by atoms with van der Waals surface area (Å²) in [5.74, 6) is -0.690. The number of carbonyl (C=O) groups is 1. The zero-order chi connectivity index (χ0) is 8.43. The molecule has 0 radical (unpaired) electrons. The van der Waals surface area contributed by atoms with E-state index in [0.29, 0.717) is 17.7 Å². The van der Waals surface area contributed by atoms with Crippen molar-refractivity contribution >= 4 is 11.6 Å². The number of allylic oxidation sites excluding steroid dienone is 1. The van der Waals surface area contributed by atoms with Crippen LogP contribution >= 0.6 is 0 Å². The van der Waals surface area contributed by atoms with E-state index < -0.39 is 5.91 Å². The third-order valence-corrected chi connectivity index (χ3v) is 1.81. The summed E-state index contributed by atoms with van der Waals surface area (Å²) in [5, 5.41) is 7.26. The van der Waals surface area contributed by atoms with Gasteiger partial charge >= 0.3 is 0 Å². The second kappa shape index (κ2) is 2.74. The normalized spacial score (nSPS) is 17.1. The van der Waals surface area contributed by atoms with Gasteiger partial charge < -0.3 is 11.5 Å². The number of nitrogens with one attached hydrogen (secondary N) is 1. The second-order valence-corrected chi connectivity index (χ2v) is 2.60. The fraction of sp³-hybridized carbons (Fsp3) is 0.429. The molecule has 0 saturated carbocycles. The monoisotopic (exact) mass is 153 g/mol. The summed E-state index contributed by atoms with van der Waals surface area (Å²) in [6.45, 7) is 0. The van der Waals surface area contributed by atoms with Gasteiger partial charge in [0.15, 0.2) is 0 Å². The molecule has 0 spiro atoms. The molecule has 4 nitrogen and oxygen atoms in total. The van der Waals surface area contributed by atoms with Crippen LogP contribution in [0, 0.1) is 5.41 Å². The minimum Gasteiger partial charge on any atom is -0.402 e. The Hall–Kier alpha value is -1.32. The van der Waals surface area contributed by atoms with Crippen LogP contribution < -0.4 is 11.5 Å². The molecule has 1 amide bonds. The molecule has 1 rings (SSSR count). The molecular weight excluding hydrogens is 142 g/mol. The topological polar surface area (TPSA) is 93.0 Å². The van der Waals surface area contributed by atoms with Crippen LogP contribution in [0.4, 0.5) is 0 Å². The van der Waals surface area contributed by atoms with Gasteiger partial charge in [0.05, 0.1) is 0 Å². The van der Waals surface area contributed by atoms with Crippen LogP contribution in [0.25, 0.3) is 0 Å². The van der Waals surface area contributed by atoms with E-state index in [4.69, 9.17) is 16.9 Å². The van der Waals surface area contributed by atoms with Crippen molar-refractivity contribution in [3.8, 4) is 0 Å². The molecule has 11 heavy (non-hydrogen) atoms. The summed E-state index contributed by atoms with van der Waals surface area (Å²) >= 11 is 0. The first kappa shape index (κ1) is 7.78. The van der Waals surface area contributed by atoms with Crippen molar-refractivity contribution in [2.24, 2.45) is 11.5 Å². The molecule has 0 unspecified atom stereocenters. The number of nitrogens with two attached hydrogens (primary N) is 2. The van der Waals surface area contributed by atoms with Gasteiger partial charge in [0.2, 0.25) is 0 Å². The van der Waals surface area contributed by atoms with E-state index in [-0.39, 0.29) is 5.71 Å². The molecule has 1 aliphatic carbocycles. The van der Waals surface area contributed by atoms with Crippen LogP contribution in [-0.2, 0) is 4.79 Å². The van der Waals surface area contributed by atoms with Gasteiger partial charge in [-0.05, 0) is 19.3 Å². The molecule has 60 valence electrons. The highest BCUT2D eigenvalue weighted by Gasteiger charge is 2.18. The van der Waals surface area contributed by atoms with Crippen LogP contribution in [0.15, 0.2) is 11.3 Å². The lowest BCUT2D eigenvalue weighted by Gasteiger charge is -2.00. The van der Waals surface area contributed by atoms with Gasteiger partial charge in [0, 0.05) is 11.3 Å². The predicted molar refractivity (Wildman–Crippen MR) is 42.0 cm³/mol. The maximum Gasteiger partial charge on any atom is 0.266 e. The standard InChI is InChI=1S/C7H11N3O/c8-5-3-1-2-4(5)6(9)7(10)11/h9H,1-3,8H2,(H2,10,11). The Balaban J connectivity index is 2.82. The molecule has 0 bridgehead atoms. The van der Waals surface area contributed by atoms with Crippen molar-refractivity contribution < 1.29 is 4.79 Å². The number of hydrogen-bond donors (Lipinski definition) is 3. The predicted octanol–water partition coefficient (Wildman–Crippen LogP) is -0.112. The van der Waals surface area contributed by atoms with Gasteiger partial charge in [-0.1, -0.05) is 0 Å². The van der Waals surface area contributed by atoms with Crippen molar-refractivity contribution in [3.63, 3.8) is 0 Å². The first-order chi connectivity index (χ1) is 5.13. The fourth-order valence-electron chi connectivity index (χ4n) is 1.20. The molecule has 4 heteroatoms. The minimum absolute atomic E-state index is 0.125. The van der Waals surface area contributed by atoms with Gasteiger partial charge in [-0.2, -0.15) is 0 Å². The van der Waals surface area contributed by atoms with Crippen LogP contribution in [0.5, 0.6) is 0 Å². The Labute approximate surface area is 64.8 Å². The maximum absolute atomic E-state index is 10.5. The maximum atomic E-state index is 10.5. The van der Waals surface area contributed by atoms with Crippen LogP contribution in [0.2, 0.25) is 0 Å². The molecule has 1 aliphatic rings. The SMILES string of the molecule is N=C(C(N)=O)C1=C(N)CCC1. The first-order valence-corrected chi connectivity index (χ1v) is 3.49. The van der Waals surface area contributed by atoms with E-state index in [9.17, 15) is 4.79 Å². The average Bonchev–Trinajstić information content (AvgIpc) is 2.33. The zero-order valence-electron chi connectivity index (χ0n) is 6.18. The van der Waals surface area contributed by atoms with Gasteiger partial charge in [0.25, 0.3) is 5.91 Å². The smallest absolute Gasteiger partial charge is 0.266 e. The van der Waals surface area contributed by atoms with Crippen molar-refractivity contribution in [3.05, 3.63) is 11.3 Å². The van der Waals surface area contributed by atoms with Gasteiger partial charge in [-0.25, -0.2) is 0 Å². The van der Waals surface area contributed by atoms with E-state index >= 15 is 0 Å². The highest BCUT2D eigenvalue weighted by atomic mass is 16.1. The lowest BCUT2D eigenvalue weighted by atomic mass is 10.1. The summed E-state index contributed by atoms with van der Waals surface area (Å²) in [5.41, 5.74) is 11.6. The zero-order valence-corrected chi connectivity index (χ0v) is 6.18. The Morgan fingerprint density at radius 2 is 2.09 bits per heavy atom. The number of carbonyl (C=O) groups excluding carboxylic acids is 1. The van der Waals surface area contributed by atoms with Crippen LogP contribution in [-0.4, -0.2) is 11.6 Å². The third kappa shape index (κ3) is 1.39. The Morgan fingerprint density at radius 3 is 2.45 bits per heavy atom. The average molecular weight is 153 g/mol. The summed E-state index contributed by atoms with van der Waals surface area (Å²) < 4.78 is 0. The van der Waals surface area contributed by atoms with Crippen molar-refractivity contribution in [2.45, 2.75) is 19.3 Å². The Kier molecular flexibility index (Phi) is 1.94. The molecule has 0 aromatic heterocycles. The summed E-state index contributed by atoms with van der Waals surface area (Å²) in [7, 11) is 0. The first-order valence-electron chi connectivity index (χ1n) is 3.49. The number of hydrogen-bond acceptors (Lipinski definition) is 3. The fourth-order valence-corrected chi connectivity index (χ4v) is 1.20. The molecular formula is C7H11N3O. The third-order valence-electron chi connectivity index (χ3n) is 1.81. The van der Waals surface area contributed by atoms with E-state index in [0.717, 1.165) is 12.8 Å². The van der Waals surface area contributed by atoms with Crippen molar-refractivity contribution in [1.82, 2.24) is 0 Å². The molecule has 0 atom stereocenters. The quantitative estimate of drug-likeness (QED) is 0.483. The van der Waals surface area contributed by atoms with Crippen molar-refractivity contribution in [2.75, 3.05) is 0 Å². The highest BCUT2D eigenvalue weighted by molar-refractivity contribution is 6.43. The number of primary amides is 1. The van der Waals surface area contributed by atoms with Crippen LogP contribution in [0.1, 0.15) is 19.3 Å². The molecule has 0 aromatic rings. The number of rotatable bonds is 2. The van der Waals surface area contributed by atoms with E-state index in [1.165, 1.54) is 0 Å². The number of amides is 1. The molecule has 0 fully saturated rings. The van der Waals surface area contributed by atoms with Gasteiger partial charge in [-0.3, -0.25) is 10.2 Å². The Bertz CT molecular complexity index is 242. The highest BCUT2D eigenvalue weighted by Crippen LogP contribution is 2.22. The van der Waals surface area contributed by atoms with Gasteiger partial charge in [-0.15, -0.1) is 0 Å². The molecule has 0 aromatic carbocycles. The summed E-state index contributed by atoms with van der Waals surface area (Å²) in [4.78, 5) is 10.5. The van der Waals surface area contributed by atoms with Crippen LogP contribution in [0.3, 0.4) is 0 Å². The molecule has 0 saturated heterocycles. The molecule has 0 aliphatic heterocycles. The van der Waals surface area contributed by atoms with E-state index in [1.54, 1.807) is 0 Å². The Morgan fingerprint density at radius 1 is 1.45 bits per heavy atom.